The molecule has 0 aliphatic carbocycles. The molecule has 4 rings (SSSR count). The van der Waals surface area contributed by atoms with Crippen LogP contribution in [0, 0.1) is 0 Å². The highest BCUT2D eigenvalue weighted by Crippen LogP contribution is 2.26. The molecule has 0 aliphatic heterocycles. The van der Waals surface area contributed by atoms with Crippen LogP contribution < -0.4 is 0 Å². The molecular weight excluding hydrogens is 368 g/mol. The predicted molar refractivity (Wildman–Crippen MR) is 101 cm³/mol. The SMILES string of the molecule is O=S(=O)(c1ccccc1)N(Cc1ccco1)Cc1nc2ccccc2s1. The van der Waals surface area contributed by atoms with Crippen molar-refractivity contribution in [3.05, 3.63) is 83.8 Å². The molecule has 7 heteroatoms. The van der Waals surface area contributed by atoms with E-state index in [2.05, 4.69) is 4.98 Å². The third-order valence-corrected chi connectivity index (χ3v) is 6.77. The van der Waals surface area contributed by atoms with E-state index in [4.69, 9.17) is 4.42 Å². The highest BCUT2D eigenvalue weighted by atomic mass is 32.2. The average Bonchev–Trinajstić information content (AvgIpc) is 3.31. The summed E-state index contributed by atoms with van der Waals surface area (Å²) in [7, 11) is -3.67. The van der Waals surface area contributed by atoms with Gasteiger partial charge in [0.2, 0.25) is 10.0 Å². The van der Waals surface area contributed by atoms with Crippen molar-refractivity contribution in [3.8, 4) is 0 Å². The maximum atomic E-state index is 13.1. The number of benzene rings is 2. The smallest absolute Gasteiger partial charge is 0.243 e. The molecule has 0 bridgehead atoms. The van der Waals surface area contributed by atoms with Crippen LogP contribution in [0.4, 0.5) is 0 Å². The molecule has 0 spiro atoms. The van der Waals surface area contributed by atoms with Gasteiger partial charge in [-0.15, -0.1) is 11.3 Å². The van der Waals surface area contributed by atoms with Crippen molar-refractivity contribution >= 4 is 31.6 Å². The van der Waals surface area contributed by atoms with Crippen molar-refractivity contribution in [2.75, 3.05) is 0 Å². The molecule has 4 aromatic rings. The lowest BCUT2D eigenvalue weighted by Crippen LogP contribution is -2.30. The maximum Gasteiger partial charge on any atom is 0.243 e. The Morgan fingerprint density at radius 1 is 0.923 bits per heavy atom. The molecule has 26 heavy (non-hydrogen) atoms. The van der Waals surface area contributed by atoms with Gasteiger partial charge in [-0.3, -0.25) is 0 Å². The average molecular weight is 384 g/mol. The van der Waals surface area contributed by atoms with Crippen LogP contribution in [0.2, 0.25) is 0 Å². The van der Waals surface area contributed by atoms with Gasteiger partial charge in [-0.1, -0.05) is 30.3 Å². The van der Waals surface area contributed by atoms with Crippen molar-refractivity contribution < 1.29 is 12.8 Å². The number of fused-ring (bicyclic) bond motifs is 1. The zero-order valence-corrected chi connectivity index (χ0v) is 15.4. The molecule has 0 amide bonds. The Bertz CT molecular complexity index is 1070. The Morgan fingerprint density at radius 2 is 1.69 bits per heavy atom. The number of rotatable bonds is 6. The van der Waals surface area contributed by atoms with Gasteiger partial charge in [0.25, 0.3) is 0 Å². The number of nitrogens with zero attached hydrogens (tertiary/aromatic N) is 2. The summed E-state index contributed by atoms with van der Waals surface area (Å²) < 4.78 is 34.1. The van der Waals surface area contributed by atoms with Crippen LogP contribution in [0.25, 0.3) is 10.2 Å². The van der Waals surface area contributed by atoms with E-state index in [1.165, 1.54) is 15.6 Å². The summed E-state index contributed by atoms with van der Waals surface area (Å²) in [5, 5.41) is 0.747. The normalized spacial score (nSPS) is 12.0. The highest BCUT2D eigenvalue weighted by molar-refractivity contribution is 7.89. The van der Waals surface area contributed by atoms with Gasteiger partial charge in [0.15, 0.2) is 0 Å². The molecule has 2 heterocycles. The van der Waals surface area contributed by atoms with E-state index in [-0.39, 0.29) is 18.0 Å². The largest absolute Gasteiger partial charge is 0.468 e. The first-order chi connectivity index (χ1) is 12.6. The van der Waals surface area contributed by atoms with E-state index in [1.807, 2.05) is 24.3 Å². The second-order valence-electron chi connectivity index (χ2n) is 5.74. The molecule has 0 aliphatic rings. The number of furan rings is 1. The molecule has 0 saturated carbocycles. The Kier molecular flexibility index (Phi) is 4.58. The summed E-state index contributed by atoms with van der Waals surface area (Å²) in [6.45, 7) is 0.345. The molecule has 2 aromatic carbocycles. The zero-order chi connectivity index (χ0) is 18.0. The molecule has 0 radical (unpaired) electrons. The van der Waals surface area contributed by atoms with Gasteiger partial charge in [-0.25, -0.2) is 13.4 Å². The molecule has 0 fully saturated rings. The molecule has 0 saturated heterocycles. The second-order valence-corrected chi connectivity index (χ2v) is 8.79. The standard InChI is InChI=1S/C19H16N2O3S2/c22-26(23,16-8-2-1-3-9-16)21(13-15-7-6-12-24-15)14-19-20-17-10-4-5-11-18(17)25-19/h1-12H,13-14H2. The van der Waals surface area contributed by atoms with E-state index in [0.29, 0.717) is 5.76 Å². The molecule has 0 unspecified atom stereocenters. The number of aromatic nitrogens is 1. The van der Waals surface area contributed by atoms with Gasteiger partial charge in [0.1, 0.15) is 10.8 Å². The molecule has 2 aromatic heterocycles. The lowest BCUT2D eigenvalue weighted by Gasteiger charge is -2.20. The fraction of sp³-hybridized carbons (Fsp3) is 0.105. The first-order valence-electron chi connectivity index (χ1n) is 8.05. The van der Waals surface area contributed by atoms with Crippen LogP contribution in [-0.4, -0.2) is 17.7 Å². The summed E-state index contributed by atoms with van der Waals surface area (Å²) in [6, 6.07) is 19.7. The fourth-order valence-electron chi connectivity index (χ4n) is 2.68. The monoisotopic (exact) mass is 384 g/mol. The quantitative estimate of drug-likeness (QED) is 0.498. The molecule has 132 valence electrons. The van der Waals surface area contributed by atoms with Gasteiger partial charge < -0.3 is 4.42 Å². The number of hydrogen-bond donors (Lipinski definition) is 0. The number of sulfonamides is 1. The lowest BCUT2D eigenvalue weighted by atomic mass is 10.3. The summed E-state index contributed by atoms with van der Waals surface area (Å²) in [4.78, 5) is 4.83. The summed E-state index contributed by atoms with van der Waals surface area (Å²) in [5.41, 5.74) is 0.877. The van der Waals surface area contributed by atoms with Crippen molar-refractivity contribution in [1.29, 1.82) is 0 Å². The minimum atomic E-state index is -3.67. The zero-order valence-electron chi connectivity index (χ0n) is 13.8. The van der Waals surface area contributed by atoms with Crippen LogP contribution in [0.1, 0.15) is 10.8 Å². The van der Waals surface area contributed by atoms with E-state index in [9.17, 15) is 8.42 Å². The Labute approximate surface area is 155 Å². The van der Waals surface area contributed by atoms with Gasteiger partial charge in [0, 0.05) is 0 Å². The maximum absolute atomic E-state index is 13.1. The predicted octanol–water partition coefficient (Wildman–Crippen LogP) is 4.28. The van der Waals surface area contributed by atoms with Gasteiger partial charge >= 0.3 is 0 Å². The van der Waals surface area contributed by atoms with Crippen LogP contribution >= 0.6 is 11.3 Å². The minimum absolute atomic E-state index is 0.153. The summed E-state index contributed by atoms with van der Waals surface area (Å²) in [6.07, 6.45) is 1.54. The topological polar surface area (TPSA) is 63.4 Å². The summed E-state index contributed by atoms with van der Waals surface area (Å²) >= 11 is 1.50. The fourth-order valence-corrected chi connectivity index (χ4v) is 5.14. The van der Waals surface area contributed by atoms with Crippen molar-refractivity contribution in [2.24, 2.45) is 0 Å². The molecule has 0 atom stereocenters. The third kappa shape index (κ3) is 3.41. The second kappa shape index (κ2) is 7.03. The summed E-state index contributed by atoms with van der Waals surface area (Å²) in [5.74, 6) is 0.589. The molecule has 5 nitrogen and oxygen atoms in total. The van der Waals surface area contributed by atoms with E-state index in [0.717, 1.165) is 15.2 Å². The van der Waals surface area contributed by atoms with Crippen molar-refractivity contribution in [1.82, 2.24) is 9.29 Å². The van der Waals surface area contributed by atoms with E-state index >= 15 is 0 Å². The Balaban J connectivity index is 1.70. The number of hydrogen-bond acceptors (Lipinski definition) is 5. The third-order valence-electron chi connectivity index (χ3n) is 3.94. The van der Waals surface area contributed by atoms with Gasteiger partial charge in [-0.2, -0.15) is 4.31 Å². The Morgan fingerprint density at radius 3 is 2.42 bits per heavy atom. The highest BCUT2D eigenvalue weighted by Gasteiger charge is 2.26. The lowest BCUT2D eigenvalue weighted by molar-refractivity contribution is 0.358. The van der Waals surface area contributed by atoms with E-state index in [1.54, 1.807) is 48.7 Å². The van der Waals surface area contributed by atoms with Crippen LogP contribution in [0.5, 0.6) is 0 Å². The first-order valence-corrected chi connectivity index (χ1v) is 10.3. The van der Waals surface area contributed by atoms with E-state index < -0.39 is 10.0 Å². The number of thiazole rings is 1. The van der Waals surface area contributed by atoms with Gasteiger partial charge in [-0.05, 0) is 36.4 Å². The minimum Gasteiger partial charge on any atom is -0.468 e. The van der Waals surface area contributed by atoms with Crippen LogP contribution in [0.3, 0.4) is 0 Å². The van der Waals surface area contributed by atoms with Gasteiger partial charge in [0.05, 0.1) is 34.5 Å². The van der Waals surface area contributed by atoms with Crippen LogP contribution in [-0.2, 0) is 23.1 Å². The molecular formula is C19H16N2O3S2. The van der Waals surface area contributed by atoms with Crippen molar-refractivity contribution in [3.63, 3.8) is 0 Å². The Hall–Kier alpha value is -2.48. The first kappa shape index (κ1) is 17.0. The number of para-hydroxylation sites is 1. The van der Waals surface area contributed by atoms with Crippen LogP contribution in [0.15, 0.2) is 82.3 Å². The molecule has 0 N–H and O–H groups in total. The van der Waals surface area contributed by atoms with Crippen molar-refractivity contribution in [2.45, 2.75) is 18.0 Å².